The van der Waals surface area contributed by atoms with Crippen LogP contribution in [0, 0.1) is 0 Å². The van der Waals surface area contributed by atoms with Crippen molar-refractivity contribution in [3.63, 3.8) is 0 Å². The number of thiophene rings is 1. The number of halogens is 1. The van der Waals surface area contributed by atoms with Gasteiger partial charge in [0.15, 0.2) is 5.96 Å². The molecule has 2 aromatic rings. The fraction of sp³-hybridized carbons (Fsp3) is 0.421. The van der Waals surface area contributed by atoms with Crippen LogP contribution in [0.4, 0.5) is 5.69 Å². The molecule has 1 aromatic carbocycles. The third-order valence-corrected chi connectivity index (χ3v) is 4.57. The summed E-state index contributed by atoms with van der Waals surface area (Å²) in [6, 6.07) is 13.0. The van der Waals surface area contributed by atoms with E-state index in [4.69, 9.17) is 0 Å². The lowest BCUT2D eigenvalue weighted by atomic mass is 10.1. The predicted octanol–water partition coefficient (Wildman–Crippen LogP) is 4.12. The van der Waals surface area contributed by atoms with E-state index in [1.54, 1.807) is 11.3 Å². The summed E-state index contributed by atoms with van der Waals surface area (Å²) < 4.78 is 0. The molecule has 0 aliphatic carbocycles. The summed E-state index contributed by atoms with van der Waals surface area (Å²) in [5, 5.41) is 8.81. The van der Waals surface area contributed by atoms with Crippen molar-refractivity contribution in [2.45, 2.75) is 26.3 Å². The van der Waals surface area contributed by atoms with Crippen molar-refractivity contribution in [3.05, 3.63) is 52.2 Å². The highest BCUT2D eigenvalue weighted by atomic mass is 127. The van der Waals surface area contributed by atoms with Crippen LogP contribution in [0.3, 0.4) is 0 Å². The Morgan fingerprint density at radius 1 is 1.12 bits per heavy atom. The Kier molecular flexibility index (Phi) is 10.6. The second-order valence-corrected chi connectivity index (χ2v) is 6.90. The van der Waals surface area contributed by atoms with Crippen molar-refractivity contribution in [2.24, 2.45) is 4.99 Å². The molecular weight excluding hydrogens is 443 g/mol. The van der Waals surface area contributed by atoms with Crippen molar-refractivity contribution in [2.75, 3.05) is 32.1 Å². The lowest BCUT2D eigenvalue weighted by Gasteiger charge is -2.13. The van der Waals surface area contributed by atoms with Crippen molar-refractivity contribution in [1.82, 2.24) is 10.6 Å². The molecular formula is C19H29IN4S. The van der Waals surface area contributed by atoms with Gasteiger partial charge in [-0.3, -0.25) is 0 Å². The number of aliphatic imine (C=N–C) groups is 1. The number of rotatable bonds is 8. The topological polar surface area (TPSA) is 39.7 Å². The number of nitrogens with one attached hydrogen (secondary N) is 2. The van der Waals surface area contributed by atoms with Gasteiger partial charge in [0.2, 0.25) is 0 Å². The number of guanidine groups is 1. The van der Waals surface area contributed by atoms with Gasteiger partial charge in [0.1, 0.15) is 0 Å². The standard InChI is InChI=1S/C19H28N4S.HI/c1-4-20-19(22-15-18-8-6-14-24-18)21-13-5-7-16-9-11-17(12-10-16)23(2)3;/h6,8-12,14H,4-5,7,13,15H2,1-3H3,(H2,20,21,22);1H. The molecule has 0 fully saturated rings. The number of benzene rings is 1. The fourth-order valence-corrected chi connectivity index (χ4v) is 2.99. The quantitative estimate of drug-likeness (QED) is 0.263. The van der Waals surface area contributed by atoms with Gasteiger partial charge in [-0.15, -0.1) is 35.3 Å². The van der Waals surface area contributed by atoms with E-state index in [1.807, 2.05) is 0 Å². The van der Waals surface area contributed by atoms with E-state index in [9.17, 15) is 0 Å². The van der Waals surface area contributed by atoms with Crippen LogP contribution < -0.4 is 15.5 Å². The lowest BCUT2D eigenvalue weighted by Crippen LogP contribution is -2.37. The maximum absolute atomic E-state index is 4.63. The zero-order valence-corrected chi connectivity index (χ0v) is 18.4. The number of aryl methyl sites for hydroxylation is 1. The van der Waals surface area contributed by atoms with Crippen LogP contribution in [-0.4, -0.2) is 33.1 Å². The number of hydrogen-bond donors (Lipinski definition) is 2. The Morgan fingerprint density at radius 2 is 1.88 bits per heavy atom. The largest absolute Gasteiger partial charge is 0.378 e. The normalized spacial score (nSPS) is 10.9. The fourth-order valence-electron chi connectivity index (χ4n) is 2.36. The molecule has 25 heavy (non-hydrogen) atoms. The zero-order chi connectivity index (χ0) is 17.2. The van der Waals surface area contributed by atoms with Crippen molar-refractivity contribution < 1.29 is 0 Å². The third-order valence-electron chi connectivity index (χ3n) is 3.70. The maximum Gasteiger partial charge on any atom is 0.191 e. The molecule has 0 radical (unpaired) electrons. The van der Waals surface area contributed by atoms with E-state index in [0.29, 0.717) is 0 Å². The smallest absolute Gasteiger partial charge is 0.191 e. The third kappa shape index (κ3) is 8.09. The van der Waals surface area contributed by atoms with Gasteiger partial charge < -0.3 is 15.5 Å². The molecule has 2 rings (SSSR count). The van der Waals surface area contributed by atoms with E-state index in [-0.39, 0.29) is 24.0 Å². The van der Waals surface area contributed by atoms with Gasteiger partial charge in [-0.05, 0) is 48.9 Å². The first-order chi connectivity index (χ1) is 11.7. The molecule has 0 saturated carbocycles. The maximum atomic E-state index is 4.63. The SMILES string of the molecule is CCNC(=NCc1cccs1)NCCCc1ccc(N(C)C)cc1.I. The second-order valence-electron chi connectivity index (χ2n) is 5.87. The Labute approximate surface area is 172 Å². The zero-order valence-electron chi connectivity index (χ0n) is 15.3. The minimum absolute atomic E-state index is 0. The molecule has 1 heterocycles. The molecule has 0 aliphatic rings. The van der Waals surface area contributed by atoms with Crippen LogP contribution in [-0.2, 0) is 13.0 Å². The molecule has 0 atom stereocenters. The molecule has 0 saturated heterocycles. The van der Waals surface area contributed by atoms with E-state index < -0.39 is 0 Å². The Bertz CT molecular complexity index is 609. The van der Waals surface area contributed by atoms with E-state index in [2.05, 4.69) is 83.3 Å². The van der Waals surface area contributed by atoms with Crippen LogP contribution in [0.5, 0.6) is 0 Å². The highest BCUT2D eigenvalue weighted by molar-refractivity contribution is 14.0. The van der Waals surface area contributed by atoms with Crippen LogP contribution in [0.1, 0.15) is 23.8 Å². The number of anilines is 1. The van der Waals surface area contributed by atoms with Gasteiger partial charge in [0.05, 0.1) is 6.54 Å². The lowest BCUT2D eigenvalue weighted by molar-refractivity contribution is 0.744. The minimum Gasteiger partial charge on any atom is -0.378 e. The van der Waals surface area contributed by atoms with Crippen molar-refractivity contribution in [1.29, 1.82) is 0 Å². The first kappa shape index (κ1) is 21.8. The molecule has 4 nitrogen and oxygen atoms in total. The van der Waals surface area contributed by atoms with Crippen LogP contribution in [0.15, 0.2) is 46.8 Å². The highest BCUT2D eigenvalue weighted by Gasteiger charge is 2.00. The predicted molar refractivity (Wildman–Crippen MR) is 122 cm³/mol. The van der Waals surface area contributed by atoms with Crippen LogP contribution >= 0.6 is 35.3 Å². The molecule has 138 valence electrons. The summed E-state index contributed by atoms with van der Waals surface area (Å²) in [7, 11) is 4.13. The van der Waals surface area contributed by atoms with Gasteiger partial charge in [0, 0.05) is 37.7 Å². The summed E-state index contributed by atoms with van der Waals surface area (Å²) in [6.07, 6.45) is 2.16. The summed E-state index contributed by atoms with van der Waals surface area (Å²) in [6.45, 7) is 4.63. The highest BCUT2D eigenvalue weighted by Crippen LogP contribution is 2.13. The molecule has 0 amide bonds. The summed E-state index contributed by atoms with van der Waals surface area (Å²) in [5.74, 6) is 0.897. The van der Waals surface area contributed by atoms with Crippen molar-refractivity contribution in [3.8, 4) is 0 Å². The molecule has 1 aromatic heterocycles. The van der Waals surface area contributed by atoms with Gasteiger partial charge >= 0.3 is 0 Å². The molecule has 2 N–H and O–H groups in total. The Balaban J connectivity index is 0.00000312. The van der Waals surface area contributed by atoms with E-state index >= 15 is 0 Å². The van der Waals surface area contributed by atoms with Crippen molar-refractivity contribution >= 4 is 47.0 Å². The Morgan fingerprint density at radius 3 is 2.48 bits per heavy atom. The van der Waals surface area contributed by atoms with Gasteiger partial charge in [-0.1, -0.05) is 18.2 Å². The average molecular weight is 472 g/mol. The molecule has 0 spiro atoms. The molecule has 6 heteroatoms. The summed E-state index contributed by atoms with van der Waals surface area (Å²) >= 11 is 1.75. The summed E-state index contributed by atoms with van der Waals surface area (Å²) in [5.41, 5.74) is 2.62. The minimum atomic E-state index is 0. The van der Waals surface area contributed by atoms with Crippen LogP contribution in [0.2, 0.25) is 0 Å². The average Bonchev–Trinajstić information content (AvgIpc) is 3.10. The molecule has 0 aliphatic heterocycles. The molecule has 0 unspecified atom stereocenters. The van der Waals surface area contributed by atoms with Crippen LogP contribution in [0.25, 0.3) is 0 Å². The van der Waals surface area contributed by atoms with E-state index in [1.165, 1.54) is 16.1 Å². The molecule has 0 bridgehead atoms. The monoisotopic (exact) mass is 472 g/mol. The summed E-state index contributed by atoms with van der Waals surface area (Å²) in [4.78, 5) is 8.04. The first-order valence-electron chi connectivity index (χ1n) is 8.50. The first-order valence-corrected chi connectivity index (χ1v) is 9.38. The van der Waals surface area contributed by atoms with Gasteiger partial charge in [0.25, 0.3) is 0 Å². The second kappa shape index (κ2) is 12.1. The van der Waals surface area contributed by atoms with Gasteiger partial charge in [-0.25, -0.2) is 4.99 Å². The Hall–Kier alpha value is -1.28. The number of nitrogens with zero attached hydrogens (tertiary/aromatic N) is 2. The van der Waals surface area contributed by atoms with E-state index in [0.717, 1.165) is 38.4 Å². The number of hydrogen-bond acceptors (Lipinski definition) is 3. The van der Waals surface area contributed by atoms with Gasteiger partial charge in [-0.2, -0.15) is 0 Å².